The van der Waals surface area contributed by atoms with E-state index in [4.69, 9.17) is 19.9 Å². The molecule has 2 aromatic carbocycles. The fraction of sp³-hybridized carbons (Fsp3) is 0.240. The van der Waals surface area contributed by atoms with E-state index in [2.05, 4.69) is 4.98 Å². The van der Waals surface area contributed by atoms with E-state index < -0.39 is 17.2 Å². The van der Waals surface area contributed by atoms with Crippen LogP contribution in [0.1, 0.15) is 11.1 Å². The van der Waals surface area contributed by atoms with Crippen molar-refractivity contribution >= 4 is 23.5 Å². The Hall–Kier alpha value is -4.31. The van der Waals surface area contributed by atoms with E-state index in [0.29, 0.717) is 17.1 Å². The molecule has 1 amide bonds. The van der Waals surface area contributed by atoms with Gasteiger partial charge in [-0.1, -0.05) is 36.4 Å². The van der Waals surface area contributed by atoms with Gasteiger partial charge >= 0.3 is 5.69 Å². The van der Waals surface area contributed by atoms with Crippen LogP contribution in [0, 0.1) is 0 Å². The summed E-state index contributed by atoms with van der Waals surface area (Å²) in [6, 6.07) is 14.4. The van der Waals surface area contributed by atoms with E-state index in [1.165, 1.54) is 36.9 Å². The van der Waals surface area contributed by atoms with E-state index in [1.807, 2.05) is 30.3 Å². The van der Waals surface area contributed by atoms with Crippen LogP contribution >= 0.6 is 0 Å². The van der Waals surface area contributed by atoms with Crippen LogP contribution in [0.4, 0.5) is 11.5 Å². The number of methoxy groups -OCH3 is 3. The molecule has 0 unspecified atom stereocenters. The summed E-state index contributed by atoms with van der Waals surface area (Å²) in [5.41, 5.74) is 6.21. The maximum Gasteiger partial charge on any atom is 0.330 e. The highest BCUT2D eigenvalue weighted by Crippen LogP contribution is 2.28. The highest BCUT2D eigenvalue weighted by molar-refractivity contribution is 6.05. The summed E-state index contributed by atoms with van der Waals surface area (Å²) in [6.07, 6.45) is 2.89. The van der Waals surface area contributed by atoms with Gasteiger partial charge in [0.05, 0.1) is 27.4 Å². The third kappa shape index (κ3) is 5.98. The number of nitrogen functional groups attached to an aromatic ring is 1. The Morgan fingerprint density at radius 3 is 2.43 bits per heavy atom. The van der Waals surface area contributed by atoms with Crippen LogP contribution in [-0.4, -0.2) is 49.9 Å². The predicted molar refractivity (Wildman–Crippen MR) is 134 cm³/mol. The number of H-pyrrole nitrogens is 1. The first-order chi connectivity index (χ1) is 16.9. The lowest BCUT2D eigenvalue weighted by molar-refractivity contribution is -0.114. The molecule has 0 bridgehead atoms. The number of nitrogens with two attached hydrogens (primary N) is 1. The van der Waals surface area contributed by atoms with Gasteiger partial charge in [0.15, 0.2) is 17.2 Å². The van der Waals surface area contributed by atoms with Crippen LogP contribution < -0.4 is 31.4 Å². The summed E-state index contributed by atoms with van der Waals surface area (Å²) in [5, 5.41) is 0. The van der Waals surface area contributed by atoms with Gasteiger partial charge in [-0.3, -0.25) is 24.0 Å². The summed E-state index contributed by atoms with van der Waals surface area (Å²) in [7, 11) is 4.53. The maximum absolute atomic E-state index is 13.2. The summed E-state index contributed by atoms with van der Waals surface area (Å²) >= 11 is 0. The van der Waals surface area contributed by atoms with Crippen LogP contribution in [0.25, 0.3) is 6.08 Å². The fourth-order valence-corrected chi connectivity index (χ4v) is 3.49. The van der Waals surface area contributed by atoms with Gasteiger partial charge in [0.2, 0.25) is 0 Å². The average molecular weight is 481 g/mol. The number of aromatic amines is 1. The van der Waals surface area contributed by atoms with Gasteiger partial charge in [0.25, 0.3) is 11.5 Å². The molecule has 0 aliphatic rings. The van der Waals surface area contributed by atoms with Crippen molar-refractivity contribution in [2.45, 2.75) is 6.54 Å². The number of carbonyl (C=O) groups is 1. The Bertz CT molecular complexity index is 1310. The van der Waals surface area contributed by atoms with E-state index in [9.17, 15) is 14.4 Å². The molecule has 0 saturated carbocycles. The standard InChI is InChI=1S/C25H28N4O6/c1-33-14-13-28(21(30)12-10-17-9-11-19(34-2)20(15-17)35-3)22-23(26)29(25(32)27-24(22)31)16-18-7-5-4-6-8-18/h4-12,15H,13-14,16,26H2,1-3H3,(H,27,31,32)/b12-10+. The topological polar surface area (TPSA) is 129 Å². The summed E-state index contributed by atoms with van der Waals surface area (Å²) in [6.45, 7) is 0.318. The molecule has 35 heavy (non-hydrogen) atoms. The first-order valence-corrected chi connectivity index (χ1v) is 10.8. The monoisotopic (exact) mass is 480 g/mol. The number of carbonyl (C=O) groups excluding carboxylic acids is 1. The highest BCUT2D eigenvalue weighted by atomic mass is 16.5. The molecule has 3 N–H and O–H groups in total. The highest BCUT2D eigenvalue weighted by Gasteiger charge is 2.23. The van der Waals surface area contributed by atoms with Gasteiger partial charge in [0.1, 0.15) is 5.82 Å². The SMILES string of the molecule is COCCN(C(=O)/C=C/c1ccc(OC)c(OC)c1)c1c(N)n(Cc2ccccc2)c(=O)[nH]c1=O. The summed E-state index contributed by atoms with van der Waals surface area (Å²) < 4.78 is 16.9. The molecule has 0 radical (unpaired) electrons. The normalized spacial score (nSPS) is 10.9. The summed E-state index contributed by atoms with van der Waals surface area (Å²) in [5.74, 6) is 0.426. The third-order valence-corrected chi connectivity index (χ3v) is 5.28. The molecule has 0 fully saturated rings. The maximum atomic E-state index is 13.2. The smallest absolute Gasteiger partial charge is 0.330 e. The number of anilines is 2. The first kappa shape index (κ1) is 25.3. The Morgan fingerprint density at radius 1 is 1.06 bits per heavy atom. The second-order valence-corrected chi connectivity index (χ2v) is 7.50. The molecule has 0 spiro atoms. The van der Waals surface area contributed by atoms with Crippen molar-refractivity contribution in [3.05, 3.63) is 86.6 Å². The number of nitrogens with zero attached hydrogens (tertiary/aromatic N) is 2. The van der Waals surface area contributed by atoms with Gasteiger partial charge in [-0.15, -0.1) is 0 Å². The van der Waals surface area contributed by atoms with Crippen LogP contribution in [0.2, 0.25) is 0 Å². The van der Waals surface area contributed by atoms with Crippen molar-refractivity contribution in [3.8, 4) is 11.5 Å². The van der Waals surface area contributed by atoms with Crippen molar-refractivity contribution in [1.82, 2.24) is 9.55 Å². The molecule has 0 aliphatic heterocycles. The zero-order valence-corrected chi connectivity index (χ0v) is 19.8. The number of hydrogen-bond donors (Lipinski definition) is 2. The lowest BCUT2D eigenvalue weighted by Gasteiger charge is -2.23. The molecule has 0 saturated heterocycles. The molecular weight excluding hydrogens is 452 g/mol. The van der Waals surface area contributed by atoms with Crippen molar-refractivity contribution in [3.63, 3.8) is 0 Å². The van der Waals surface area contributed by atoms with Gasteiger partial charge in [0, 0.05) is 19.7 Å². The average Bonchev–Trinajstić information content (AvgIpc) is 2.87. The molecule has 0 aliphatic carbocycles. The minimum Gasteiger partial charge on any atom is -0.493 e. The van der Waals surface area contributed by atoms with Crippen LogP contribution in [0.3, 0.4) is 0 Å². The Labute approximate surface area is 202 Å². The predicted octanol–water partition coefficient (Wildman–Crippen LogP) is 1.88. The van der Waals surface area contributed by atoms with E-state index in [-0.39, 0.29) is 31.2 Å². The van der Waals surface area contributed by atoms with Crippen LogP contribution in [-0.2, 0) is 16.1 Å². The minimum absolute atomic E-state index is 0.0441. The number of nitrogens with one attached hydrogen (secondary N) is 1. The number of hydrogen-bond acceptors (Lipinski definition) is 7. The van der Waals surface area contributed by atoms with Crippen LogP contribution in [0.15, 0.2) is 64.2 Å². The Morgan fingerprint density at radius 2 is 1.77 bits per heavy atom. The first-order valence-electron chi connectivity index (χ1n) is 10.8. The fourth-order valence-electron chi connectivity index (χ4n) is 3.49. The molecule has 1 heterocycles. The lowest BCUT2D eigenvalue weighted by atomic mass is 10.2. The second kappa shape index (κ2) is 11.7. The quantitative estimate of drug-likeness (QED) is 0.424. The Kier molecular flexibility index (Phi) is 8.47. The van der Waals surface area contributed by atoms with Gasteiger partial charge in [-0.2, -0.15) is 0 Å². The van der Waals surface area contributed by atoms with Gasteiger partial charge in [-0.05, 0) is 29.3 Å². The number of amides is 1. The van der Waals surface area contributed by atoms with E-state index in [0.717, 1.165) is 5.56 Å². The number of rotatable bonds is 10. The van der Waals surface area contributed by atoms with Gasteiger partial charge < -0.3 is 19.9 Å². The molecule has 3 aromatic rings. The van der Waals surface area contributed by atoms with Crippen LogP contribution in [0.5, 0.6) is 11.5 Å². The second-order valence-electron chi connectivity index (χ2n) is 7.50. The van der Waals surface area contributed by atoms with E-state index >= 15 is 0 Å². The van der Waals surface area contributed by atoms with Crippen molar-refractivity contribution < 1.29 is 19.0 Å². The zero-order valence-electron chi connectivity index (χ0n) is 19.8. The van der Waals surface area contributed by atoms with Gasteiger partial charge in [-0.25, -0.2) is 4.79 Å². The van der Waals surface area contributed by atoms with Crippen molar-refractivity contribution in [2.24, 2.45) is 0 Å². The number of aromatic nitrogens is 2. The molecular formula is C25H28N4O6. The lowest BCUT2D eigenvalue weighted by Crippen LogP contribution is -2.42. The molecule has 184 valence electrons. The molecule has 3 rings (SSSR count). The molecule has 1 aromatic heterocycles. The van der Waals surface area contributed by atoms with Crippen molar-refractivity contribution in [2.75, 3.05) is 45.1 Å². The van der Waals surface area contributed by atoms with E-state index in [1.54, 1.807) is 24.3 Å². The summed E-state index contributed by atoms with van der Waals surface area (Å²) in [4.78, 5) is 41.9. The molecule has 0 atom stereocenters. The zero-order chi connectivity index (χ0) is 25.4. The molecule has 10 heteroatoms. The largest absolute Gasteiger partial charge is 0.493 e. The molecule has 10 nitrogen and oxygen atoms in total. The third-order valence-electron chi connectivity index (χ3n) is 5.28. The number of benzene rings is 2. The van der Waals surface area contributed by atoms with Crippen molar-refractivity contribution in [1.29, 1.82) is 0 Å². The number of ether oxygens (including phenoxy) is 3. The Balaban J connectivity index is 1.99. The minimum atomic E-state index is -0.763.